The van der Waals surface area contributed by atoms with Crippen LogP contribution in [0.2, 0.25) is 0 Å². The van der Waals surface area contributed by atoms with Gasteiger partial charge in [0.1, 0.15) is 6.61 Å². The van der Waals surface area contributed by atoms with Crippen molar-refractivity contribution in [1.29, 1.82) is 0 Å². The largest absolute Gasteiger partial charge is 0.488 e. The van der Waals surface area contributed by atoms with Crippen LogP contribution >= 0.6 is 0 Å². The lowest BCUT2D eigenvalue weighted by Gasteiger charge is -2.24. The van der Waals surface area contributed by atoms with E-state index in [0.717, 1.165) is 11.1 Å². The van der Waals surface area contributed by atoms with E-state index in [2.05, 4.69) is 5.48 Å². The van der Waals surface area contributed by atoms with Crippen LogP contribution < -0.4 is 19.7 Å². The van der Waals surface area contributed by atoms with Gasteiger partial charge in [-0.3, -0.25) is 9.63 Å². The average Bonchev–Trinajstić information content (AvgIpc) is 3.27. The summed E-state index contributed by atoms with van der Waals surface area (Å²) in [7, 11) is 1.39. The third-order valence-electron chi connectivity index (χ3n) is 4.73. The van der Waals surface area contributed by atoms with E-state index in [9.17, 15) is 4.79 Å². The molecule has 7 heteroatoms. The zero-order chi connectivity index (χ0) is 18.9. The number of ether oxygens (including phenoxy) is 4. The van der Waals surface area contributed by atoms with E-state index in [1.165, 1.54) is 7.11 Å². The van der Waals surface area contributed by atoms with Crippen molar-refractivity contribution in [1.82, 2.24) is 5.48 Å². The normalized spacial score (nSPS) is 19.5. The number of hydroxylamine groups is 1. The first-order chi connectivity index (χ1) is 13.1. The number of hydrogen-bond donors (Lipinski definition) is 1. The third-order valence-corrected chi connectivity index (χ3v) is 4.73. The van der Waals surface area contributed by atoms with Crippen molar-refractivity contribution in [2.24, 2.45) is 0 Å². The number of fused-ring (bicyclic) bond motifs is 3. The molecule has 0 saturated carbocycles. The third kappa shape index (κ3) is 3.20. The van der Waals surface area contributed by atoms with Crippen LogP contribution in [0.1, 0.15) is 28.4 Å². The summed E-state index contributed by atoms with van der Waals surface area (Å²) in [6.07, 6.45) is 0. The number of carbonyl (C=O) groups excluding carboxylic acids is 1. The maximum Gasteiger partial charge on any atom is 0.275 e. The molecule has 142 valence electrons. The molecule has 0 radical (unpaired) electrons. The Labute approximate surface area is 157 Å². The lowest BCUT2D eigenvalue weighted by molar-refractivity contribution is 0.0525. The Morgan fingerprint density at radius 3 is 2.78 bits per heavy atom. The molecule has 27 heavy (non-hydrogen) atoms. The van der Waals surface area contributed by atoms with Gasteiger partial charge >= 0.3 is 0 Å². The zero-order valence-corrected chi connectivity index (χ0v) is 15.2. The van der Waals surface area contributed by atoms with E-state index in [4.69, 9.17) is 23.8 Å². The van der Waals surface area contributed by atoms with Crippen LogP contribution in [0, 0.1) is 0 Å². The maximum absolute atomic E-state index is 12.6. The molecule has 0 unspecified atom stereocenters. The molecule has 2 aliphatic rings. The second-order valence-corrected chi connectivity index (χ2v) is 6.83. The fourth-order valence-corrected chi connectivity index (χ4v) is 3.46. The number of hydrogen-bond acceptors (Lipinski definition) is 6. The molecule has 0 spiro atoms. The smallest absolute Gasteiger partial charge is 0.275 e. The molecule has 7 nitrogen and oxygen atoms in total. The van der Waals surface area contributed by atoms with Gasteiger partial charge in [0.15, 0.2) is 11.5 Å². The van der Waals surface area contributed by atoms with Crippen LogP contribution in [0.25, 0.3) is 0 Å². The number of nitrogens with one attached hydrogen (secondary N) is 1. The number of amides is 1. The summed E-state index contributed by atoms with van der Waals surface area (Å²) in [5, 5.41) is 0. The summed E-state index contributed by atoms with van der Waals surface area (Å²) in [4.78, 5) is 17.4. The van der Waals surface area contributed by atoms with Gasteiger partial charge in [-0.2, -0.15) is 0 Å². The zero-order valence-electron chi connectivity index (χ0n) is 15.2. The second kappa shape index (κ2) is 7.09. The van der Waals surface area contributed by atoms with Crippen LogP contribution in [0.5, 0.6) is 17.2 Å². The Balaban J connectivity index is 1.63. The van der Waals surface area contributed by atoms with Crippen molar-refractivity contribution in [2.45, 2.75) is 18.9 Å². The van der Waals surface area contributed by atoms with Crippen LogP contribution in [-0.2, 0) is 21.6 Å². The van der Waals surface area contributed by atoms with Crippen molar-refractivity contribution in [3.8, 4) is 17.2 Å². The highest BCUT2D eigenvalue weighted by atomic mass is 16.7. The fraction of sp³-hybridized carbons (Fsp3) is 0.350. The summed E-state index contributed by atoms with van der Waals surface area (Å²) in [6, 6.07) is 11.6. The molecular weight excluding hydrogens is 350 g/mol. The number of carbonyl (C=O) groups is 1. The SMILES string of the molecule is CONC(=O)c1cc2c(c3c1[C@](C)(COCc1ccccc1)CO3)OCO2. The van der Waals surface area contributed by atoms with Crippen molar-refractivity contribution in [3.63, 3.8) is 0 Å². The van der Waals surface area contributed by atoms with Crippen LogP contribution in [0.15, 0.2) is 36.4 Å². The Morgan fingerprint density at radius 1 is 1.19 bits per heavy atom. The van der Waals surface area contributed by atoms with Crippen LogP contribution in [-0.4, -0.2) is 33.0 Å². The molecule has 1 amide bonds. The predicted octanol–water partition coefficient (Wildman–Crippen LogP) is 2.57. The Hall–Kier alpha value is -2.77. The minimum atomic E-state index is -0.508. The molecule has 0 bridgehead atoms. The molecule has 0 aromatic heterocycles. The highest BCUT2D eigenvalue weighted by Gasteiger charge is 2.44. The van der Waals surface area contributed by atoms with Gasteiger partial charge in [0.2, 0.25) is 12.5 Å². The second-order valence-electron chi connectivity index (χ2n) is 6.83. The predicted molar refractivity (Wildman–Crippen MR) is 96.0 cm³/mol. The molecule has 2 aliphatic heterocycles. The molecule has 0 aliphatic carbocycles. The first-order valence-electron chi connectivity index (χ1n) is 8.67. The quantitative estimate of drug-likeness (QED) is 0.787. The highest BCUT2D eigenvalue weighted by Crippen LogP contribution is 2.52. The van der Waals surface area contributed by atoms with Gasteiger partial charge in [-0.25, -0.2) is 5.48 Å². The minimum absolute atomic E-state index is 0.0989. The molecule has 2 aromatic carbocycles. The lowest BCUT2D eigenvalue weighted by atomic mass is 9.82. The highest BCUT2D eigenvalue weighted by molar-refractivity contribution is 5.97. The molecule has 1 atom stereocenters. The van der Waals surface area contributed by atoms with E-state index < -0.39 is 5.41 Å². The van der Waals surface area contributed by atoms with Gasteiger partial charge in [0, 0.05) is 5.56 Å². The van der Waals surface area contributed by atoms with Gasteiger partial charge in [0.25, 0.3) is 5.91 Å². The van der Waals surface area contributed by atoms with Crippen molar-refractivity contribution in [3.05, 3.63) is 53.1 Å². The Bertz CT molecular complexity index is 853. The molecule has 2 heterocycles. The van der Waals surface area contributed by atoms with Crippen molar-refractivity contribution >= 4 is 5.91 Å². The Kier molecular flexibility index (Phi) is 4.63. The van der Waals surface area contributed by atoms with E-state index in [1.54, 1.807) is 6.07 Å². The topological polar surface area (TPSA) is 75.3 Å². The number of rotatable bonds is 6. The van der Waals surface area contributed by atoms with Gasteiger partial charge in [-0.05, 0) is 18.6 Å². The van der Waals surface area contributed by atoms with Gasteiger partial charge in [-0.1, -0.05) is 30.3 Å². The summed E-state index contributed by atoms with van der Waals surface area (Å²) in [6.45, 7) is 3.36. The summed E-state index contributed by atoms with van der Waals surface area (Å²) >= 11 is 0. The summed E-state index contributed by atoms with van der Waals surface area (Å²) in [5.74, 6) is 1.19. The fourth-order valence-electron chi connectivity index (χ4n) is 3.46. The number of benzene rings is 2. The molecule has 0 fully saturated rings. The molecule has 4 rings (SSSR count). The van der Waals surface area contributed by atoms with Crippen LogP contribution in [0.4, 0.5) is 0 Å². The average molecular weight is 371 g/mol. The van der Waals surface area contributed by atoms with E-state index in [1.807, 2.05) is 37.3 Å². The van der Waals surface area contributed by atoms with E-state index in [-0.39, 0.29) is 12.7 Å². The lowest BCUT2D eigenvalue weighted by Crippen LogP contribution is -2.33. The van der Waals surface area contributed by atoms with E-state index in [0.29, 0.717) is 42.6 Å². The standard InChI is InChI=1S/C20H21NO6/c1-20(10-24-9-13-6-4-3-5-7-13)11-25-18-16(20)14(19(22)21-23-2)8-15-17(18)27-12-26-15/h3-8H,9-12H2,1-2H3,(H,21,22)/t20-/m1/s1. The first-order valence-corrected chi connectivity index (χ1v) is 8.67. The molecular formula is C20H21NO6. The minimum Gasteiger partial charge on any atom is -0.488 e. The first kappa shape index (κ1) is 17.6. The van der Waals surface area contributed by atoms with Gasteiger partial charge in [-0.15, -0.1) is 0 Å². The van der Waals surface area contributed by atoms with E-state index >= 15 is 0 Å². The van der Waals surface area contributed by atoms with Gasteiger partial charge in [0.05, 0.1) is 31.3 Å². The van der Waals surface area contributed by atoms with Crippen LogP contribution in [0.3, 0.4) is 0 Å². The molecule has 0 saturated heterocycles. The summed E-state index contributed by atoms with van der Waals surface area (Å²) in [5.41, 5.74) is 4.12. The molecule has 2 aromatic rings. The van der Waals surface area contributed by atoms with Gasteiger partial charge < -0.3 is 18.9 Å². The summed E-state index contributed by atoms with van der Waals surface area (Å²) < 4.78 is 22.9. The monoisotopic (exact) mass is 371 g/mol. The maximum atomic E-state index is 12.6. The Morgan fingerprint density at radius 2 is 2.00 bits per heavy atom. The van der Waals surface area contributed by atoms with Crippen molar-refractivity contribution in [2.75, 3.05) is 27.1 Å². The van der Waals surface area contributed by atoms with Crippen molar-refractivity contribution < 1.29 is 28.6 Å². The molecule has 1 N–H and O–H groups in total.